The number of hydrogen-bond donors (Lipinski definition) is 1. The molecule has 0 saturated carbocycles. The molecule has 0 fully saturated rings. The van der Waals surface area contributed by atoms with Gasteiger partial charge in [-0.15, -0.1) is 0 Å². The van der Waals surface area contributed by atoms with Crippen LogP contribution in [0.4, 0.5) is 0 Å². The number of ether oxygens (including phenoxy) is 1. The first-order chi connectivity index (χ1) is 7.17. The number of methoxy groups -OCH3 is 1. The molecule has 0 aliphatic heterocycles. The molecule has 0 bridgehead atoms. The maximum Gasteiger partial charge on any atom is 0.211 e. The first-order valence-electron chi connectivity index (χ1n) is 4.29. The van der Waals surface area contributed by atoms with E-state index >= 15 is 0 Å². The van der Waals surface area contributed by atoms with Gasteiger partial charge in [0.25, 0.3) is 0 Å². The average molecular weight is 270 g/mol. The number of rotatable bonds is 1. The molecule has 0 amide bonds. The Morgan fingerprint density at radius 3 is 2.87 bits per heavy atom. The maximum absolute atomic E-state index is 11.6. The highest BCUT2D eigenvalue weighted by molar-refractivity contribution is 9.10. The van der Waals surface area contributed by atoms with Crippen LogP contribution < -0.4 is 4.74 Å². The highest BCUT2D eigenvalue weighted by atomic mass is 79.9. The third-order valence-corrected chi connectivity index (χ3v) is 2.98. The zero-order valence-corrected chi connectivity index (χ0v) is 9.54. The molecule has 0 heterocycles. The minimum absolute atomic E-state index is 0.171. The lowest BCUT2D eigenvalue weighted by Gasteiger charge is -2.04. The molecule has 15 heavy (non-hydrogen) atoms. The van der Waals surface area contributed by atoms with Crippen molar-refractivity contribution in [1.29, 1.82) is 0 Å². The van der Waals surface area contributed by atoms with Crippen LogP contribution in [0.5, 0.6) is 5.75 Å². The molecular formula is C10H8BrNO3. The van der Waals surface area contributed by atoms with Crippen molar-refractivity contribution >= 4 is 27.4 Å². The normalized spacial score (nSPS) is 16.9. The Morgan fingerprint density at radius 2 is 2.27 bits per heavy atom. The summed E-state index contributed by atoms with van der Waals surface area (Å²) in [4.78, 5) is 11.6. The number of ketones is 1. The number of hydrogen-bond acceptors (Lipinski definition) is 4. The molecule has 1 N–H and O–H groups in total. The van der Waals surface area contributed by atoms with Crippen molar-refractivity contribution < 1.29 is 14.7 Å². The van der Waals surface area contributed by atoms with Gasteiger partial charge < -0.3 is 9.94 Å². The number of benzene rings is 1. The Kier molecular flexibility index (Phi) is 2.48. The fourth-order valence-electron chi connectivity index (χ4n) is 1.61. The minimum Gasteiger partial charge on any atom is -0.496 e. The molecule has 0 radical (unpaired) electrons. The van der Waals surface area contributed by atoms with Gasteiger partial charge in [-0.2, -0.15) is 0 Å². The highest BCUT2D eigenvalue weighted by Gasteiger charge is 2.28. The van der Waals surface area contributed by atoms with Crippen LogP contribution in [-0.2, 0) is 6.42 Å². The standard InChI is InChI=1S/C10H8BrNO3/c1-15-9-4-6-5(2-7(9)11)3-8(12-14)10(6)13/h2,4,14H,3H2,1H3. The van der Waals surface area contributed by atoms with Gasteiger partial charge in [0.2, 0.25) is 5.78 Å². The van der Waals surface area contributed by atoms with Gasteiger partial charge in [-0.05, 0) is 33.6 Å². The van der Waals surface area contributed by atoms with E-state index in [1.165, 1.54) is 7.11 Å². The van der Waals surface area contributed by atoms with E-state index in [4.69, 9.17) is 9.94 Å². The Bertz CT molecular complexity index is 468. The summed E-state index contributed by atoms with van der Waals surface area (Å²) in [5.74, 6) is 0.361. The topological polar surface area (TPSA) is 58.9 Å². The summed E-state index contributed by atoms with van der Waals surface area (Å²) in [7, 11) is 1.53. The van der Waals surface area contributed by atoms with Crippen LogP contribution in [0.2, 0.25) is 0 Å². The Morgan fingerprint density at radius 1 is 1.53 bits per heavy atom. The zero-order valence-electron chi connectivity index (χ0n) is 7.95. The molecular weight excluding hydrogens is 262 g/mol. The van der Waals surface area contributed by atoms with Gasteiger partial charge >= 0.3 is 0 Å². The predicted molar refractivity (Wildman–Crippen MR) is 58.0 cm³/mol. The molecule has 1 aliphatic rings. The van der Waals surface area contributed by atoms with Gasteiger partial charge in [-0.25, -0.2) is 0 Å². The molecule has 0 unspecified atom stereocenters. The lowest BCUT2D eigenvalue weighted by molar-refractivity contribution is 0.106. The van der Waals surface area contributed by atoms with Crippen molar-refractivity contribution in [3.8, 4) is 5.75 Å². The van der Waals surface area contributed by atoms with Crippen molar-refractivity contribution in [2.75, 3.05) is 7.11 Å². The Balaban J connectivity index is 2.57. The zero-order chi connectivity index (χ0) is 11.0. The smallest absolute Gasteiger partial charge is 0.211 e. The fraction of sp³-hybridized carbons (Fsp3) is 0.200. The first-order valence-corrected chi connectivity index (χ1v) is 5.08. The van der Waals surface area contributed by atoms with Gasteiger partial charge in [0.15, 0.2) is 0 Å². The minimum atomic E-state index is -0.238. The monoisotopic (exact) mass is 269 g/mol. The van der Waals surface area contributed by atoms with Gasteiger partial charge in [0.1, 0.15) is 11.5 Å². The van der Waals surface area contributed by atoms with Crippen LogP contribution in [0.25, 0.3) is 0 Å². The number of carbonyl (C=O) groups excluding carboxylic acids is 1. The summed E-state index contributed by atoms with van der Waals surface area (Å²) in [5.41, 5.74) is 1.56. The Hall–Kier alpha value is -1.36. The SMILES string of the molecule is COc1cc2c(cc1Br)CC(=NO)C2=O. The van der Waals surface area contributed by atoms with Crippen molar-refractivity contribution in [3.05, 3.63) is 27.7 Å². The van der Waals surface area contributed by atoms with E-state index in [0.29, 0.717) is 17.7 Å². The van der Waals surface area contributed by atoms with Crippen molar-refractivity contribution in [2.45, 2.75) is 6.42 Å². The quantitative estimate of drug-likeness (QED) is 0.627. The fourth-order valence-corrected chi connectivity index (χ4v) is 2.16. The lowest BCUT2D eigenvalue weighted by Crippen LogP contribution is -2.06. The second-order valence-electron chi connectivity index (χ2n) is 3.20. The number of halogens is 1. The molecule has 78 valence electrons. The Labute approximate surface area is 94.7 Å². The van der Waals surface area contributed by atoms with E-state index in [1.807, 2.05) is 6.07 Å². The third-order valence-electron chi connectivity index (χ3n) is 2.36. The summed E-state index contributed by atoms with van der Waals surface area (Å²) in [6, 6.07) is 3.46. The predicted octanol–water partition coefficient (Wildman–Crippen LogP) is 2.03. The van der Waals surface area contributed by atoms with E-state index in [0.717, 1.165) is 10.0 Å². The van der Waals surface area contributed by atoms with E-state index in [1.54, 1.807) is 6.07 Å². The van der Waals surface area contributed by atoms with E-state index in [-0.39, 0.29) is 11.5 Å². The van der Waals surface area contributed by atoms with Crippen LogP contribution >= 0.6 is 15.9 Å². The maximum atomic E-state index is 11.6. The summed E-state index contributed by atoms with van der Waals surface area (Å²) >= 11 is 3.33. The molecule has 5 heteroatoms. The van der Waals surface area contributed by atoms with Crippen LogP contribution in [0.3, 0.4) is 0 Å². The van der Waals surface area contributed by atoms with Crippen LogP contribution in [0, 0.1) is 0 Å². The molecule has 0 atom stereocenters. The van der Waals surface area contributed by atoms with Gasteiger partial charge in [0.05, 0.1) is 11.6 Å². The summed E-state index contributed by atoms with van der Waals surface area (Å²) in [5, 5.41) is 11.6. The van der Waals surface area contributed by atoms with Crippen molar-refractivity contribution in [1.82, 2.24) is 0 Å². The van der Waals surface area contributed by atoms with Crippen molar-refractivity contribution in [3.63, 3.8) is 0 Å². The summed E-state index contributed by atoms with van der Waals surface area (Å²) in [6.07, 6.45) is 0.368. The second kappa shape index (κ2) is 3.66. The highest BCUT2D eigenvalue weighted by Crippen LogP contribution is 2.32. The molecule has 0 saturated heterocycles. The molecule has 0 aromatic heterocycles. The van der Waals surface area contributed by atoms with E-state index in [9.17, 15) is 4.79 Å². The third kappa shape index (κ3) is 1.52. The summed E-state index contributed by atoms with van der Waals surface area (Å²) < 4.78 is 5.87. The number of oxime groups is 1. The number of Topliss-reactive ketones (excluding diaryl/α,β-unsaturated/α-hetero) is 1. The molecule has 4 nitrogen and oxygen atoms in total. The van der Waals surface area contributed by atoms with Gasteiger partial charge in [-0.3, -0.25) is 4.79 Å². The molecule has 0 spiro atoms. The molecule has 1 aromatic carbocycles. The van der Waals surface area contributed by atoms with E-state index in [2.05, 4.69) is 21.1 Å². The molecule has 1 aliphatic carbocycles. The lowest BCUT2D eigenvalue weighted by atomic mass is 10.1. The summed E-state index contributed by atoms with van der Waals surface area (Å²) in [6.45, 7) is 0. The van der Waals surface area contributed by atoms with Crippen LogP contribution in [-0.4, -0.2) is 23.8 Å². The van der Waals surface area contributed by atoms with Crippen molar-refractivity contribution in [2.24, 2.45) is 5.16 Å². The van der Waals surface area contributed by atoms with Crippen LogP contribution in [0.15, 0.2) is 21.8 Å². The molecule has 2 rings (SSSR count). The largest absolute Gasteiger partial charge is 0.496 e. The van der Waals surface area contributed by atoms with Gasteiger partial charge in [0, 0.05) is 12.0 Å². The number of nitrogens with zero attached hydrogens (tertiary/aromatic N) is 1. The van der Waals surface area contributed by atoms with Gasteiger partial charge in [-0.1, -0.05) is 5.16 Å². The van der Waals surface area contributed by atoms with Crippen LogP contribution in [0.1, 0.15) is 15.9 Å². The second-order valence-corrected chi connectivity index (χ2v) is 4.05. The molecule has 1 aromatic rings. The number of fused-ring (bicyclic) bond motifs is 1. The number of carbonyl (C=O) groups is 1. The average Bonchev–Trinajstić information content (AvgIpc) is 2.54. The van der Waals surface area contributed by atoms with E-state index < -0.39 is 0 Å². The first kappa shape index (κ1) is 10.2.